The van der Waals surface area contributed by atoms with Gasteiger partial charge in [0.1, 0.15) is 0 Å². The summed E-state index contributed by atoms with van der Waals surface area (Å²) in [5.41, 5.74) is 5.62. The molecule has 1 aliphatic heterocycles. The van der Waals surface area contributed by atoms with Crippen LogP contribution in [0.25, 0.3) is 0 Å². The molecule has 2 heterocycles. The van der Waals surface area contributed by atoms with Gasteiger partial charge in [-0.2, -0.15) is 17.4 Å². The van der Waals surface area contributed by atoms with Gasteiger partial charge in [0, 0.05) is 24.5 Å². The lowest BCUT2D eigenvalue weighted by Crippen LogP contribution is -2.46. The van der Waals surface area contributed by atoms with E-state index < -0.39 is 10.2 Å². The van der Waals surface area contributed by atoms with Crippen LogP contribution in [0.5, 0.6) is 0 Å². The molecule has 1 aromatic heterocycles. The van der Waals surface area contributed by atoms with Gasteiger partial charge >= 0.3 is 0 Å². The highest BCUT2D eigenvalue weighted by atomic mass is 32.2. The fraction of sp³-hybridized carbons (Fsp3) is 0.636. The lowest BCUT2D eigenvalue weighted by Gasteiger charge is -2.31. The fourth-order valence-electron chi connectivity index (χ4n) is 2.10. The average Bonchev–Trinajstić information content (AvgIpc) is 2.90. The van der Waals surface area contributed by atoms with E-state index in [4.69, 9.17) is 5.73 Å². The third-order valence-corrected chi connectivity index (χ3v) is 5.56. The molecule has 7 heteroatoms. The number of hydrogen-bond acceptors (Lipinski definition) is 4. The van der Waals surface area contributed by atoms with Crippen LogP contribution in [0, 0.1) is 5.92 Å². The Labute approximate surface area is 112 Å². The highest BCUT2D eigenvalue weighted by molar-refractivity contribution is 7.87. The Morgan fingerprint density at radius 2 is 2.39 bits per heavy atom. The summed E-state index contributed by atoms with van der Waals surface area (Å²) in [4.78, 5) is 1.02. The van der Waals surface area contributed by atoms with Crippen molar-refractivity contribution in [1.82, 2.24) is 9.03 Å². The van der Waals surface area contributed by atoms with Crippen LogP contribution in [-0.2, 0) is 16.8 Å². The van der Waals surface area contributed by atoms with Gasteiger partial charge in [-0.15, -0.1) is 11.3 Å². The first-order valence-electron chi connectivity index (χ1n) is 6.09. The van der Waals surface area contributed by atoms with Gasteiger partial charge < -0.3 is 5.73 Å². The van der Waals surface area contributed by atoms with E-state index >= 15 is 0 Å². The molecule has 0 amide bonds. The standard InChI is InChI=1S/C11H19N3O2S2/c12-7-10-3-1-5-14(9-10)18(15,16)13-8-11-4-2-6-17-11/h2,4,6,10,13H,1,3,5,7-9,12H2. The highest BCUT2D eigenvalue weighted by Crippen LogP contribution is 2.18. The number of rotatable bonds is 5. The Morgan fingerprint density at radius 3 is 3.06 bits per heavy atom. The van der Waals surface area contributed by atoms with Crippen LogP contribution in [0.15, 0.2) is 17.5 Å². The molecule has 1 aliphatic rings. The van der Waals surface area contributed by atoms with Gasteiger partial charge in [-0.3, -0.25) is 0 Å². The Balaban J connectivity index is 1.93. The second kappa shape index (κ2) is 6.12. The van der Waals surface area contributed by atoms with E-state index in [1.165, 1.54) is 4.31 Å². The summed E-state index contributed by atoms with van der Waals surface area (Å²) in [6, 6.07) is 3.84. The Hall–Kier alpha value is -0.470. The molecule has 1 unspecified atom stereocenters. The number of thiophene rings is 1. The molecule has 1 atom stereocenters. The first-order valence-corrected chi connectivity index (χ1v) is 8.41. The van der Waals surface area contributed by atoms with Crippen LogP contribution in [-0.4, -0.2) is 32.4 Å². The predicted octanol–water partition coefficient (Wildman–Crippen LogP) is 0.753. The molecule has 0 spiro atoms. The van der Waals surface area contributed by atoms with E-state index in [0.717, 1.165) is 17.7 Å². The maximum absolute atomic E-state index is 12.1. The second-order valence-electron chi connectivity index (χ2n) is 4.51. The van der Waals surface area contributed by atoms with Gasteiger partial charge in [-0.25, -0.2) is 0 Å². The molecule has 1 saturated heterocycles. The second-order valence-corrected chi connectivity index (χ2v) is 7.29. The maximum atomic E-state index is 12.1. The molecule has 102 valence electrons. The van der Waals surface area contributed by atoms with Gasteiger partial charge in [-0.05, 0) is 36.8 Å². The van der Waals surface area contributed by atoms with Crippen molar-refractivity contribution in [2.24, 2.45) is 11.7 Å². The van der Waals surface area contributed by atoms with E-state index in [1.54, 1.807) is 11.3 Å². The molecule has 0 saturated carbocycles. The molecule has 0 radical (unpaired) electrons. The third-order valence-electron chi connectivity index (χ3n) is 3.16. The monoisotopic (exact) mass is 289 g/mol. The quantitative estimate of drug-likeness (QED) is 0.840. The Kier molecular flexibility index (Phi) is 4.74. The van der Waals surface area contributed by atoms with Crippen LogP contribution < -0.4 is 10.5 Å². The first-order chi connectivity index (χ1) is 8.62. The van der Waals surface area contributed by atoms with E-state index in [9.17, 15) is 8.42 Å². The highest BCUT2D eigenvalue weighted by Gasteiger charge is 2.27. The molecule has 18 heavy (non-hydrogen) atoms. The Bertz CT molecular complexity index is 459. The van der Waals surface area contributed by atoms with Crippen LogP contribution in [0.2, 0.25) is 0 Å². The number of nitrogens with two attached hydrogens (primary N) is 1. The molecule has 3 N–H and O–H groups in total. The van der Waals surface area contributed by atoms with Crippen molar-refractivity contribution in [2.75, 3.05) is 19.6 Å². The normalized spacial score (nSPS) is 22.2. The average molecular weight is 289 g/mol. The van der Waals surface area contributed by atoms with Gasteiger partial charge in [0.15, 0.2) is 0 Å². The molecular formula is C11H19N3O2S2. The van der Waals surface area contributed by atoms with E-state index in [1.807, 2.05) is 17.5 Å². The SMILES string of the molecule is NCC1CCCN(S(=O)(=O)NCc2cccs2)C1. The van der Waals surface area contributed by atoms with E-state index in [0.29, 0.717) is 26.2 Å². The zero-order chi connectivity index (χ0) is 13.0. The van der Waals surface area contributed by atoms with Crippen molar-refractivity contribution in [3.05, 3.63) is 22.4 Å². The van der Waals surface area contributed by atoms with Gasteiger partial charge in [-0.1, -0.05) is 6.07 Å². The van der Waals surface area contributed by atoms with Crippen molar-refractivity contribution >= 4 is 21.5 Å². The molecule has 1 fully saturated rings. The first kappa shape index (κ1) is 14.0. The minimum Gasteiger partial charge on any atom is -0.330 e. The number of piperidine rings is 1. The maximum Gasteiger partial charge on any atom is 0.279 e. The van der Waals surface area contributed by atoms with Crippen molar-refractivity contribution < 1.29 is 8.42 Å². The summed E-state index contributed by atoms with van der Waals surface area (Å²) < 4.78 is 28.4. The molecule has 2 rings (SSSR count). The zero-order valence-electron chi connectivity index (χ0n) is 10.2. The summed E-state index contributed by atoms with van der Waals surface area (Å²) in [5, 5.41) is 1.94. The summed E-state index contributed by atoms with van der Waals surface area (Å²) in [5.74, 6) is 0.289. The number of nitrogens with one attached hydrogen (secondary N) is 1. The summed E-state index contributed by atoms with van der Waals surface area (Å²) >= 11 is 1.55. The Morgan fingerprint density at radius 1 is 1.56 bits per heavy atom. The molecule has 5 nitrogen and oxygen atoms in total. The van der Waals surface area contributed by atoms with Crippen molar-refractivity contribution in [2.45, 2.75) is 19.4 Å². The molecular weight excluding hydrogens is 270 g/mol. The number of hydrogen-bond donors (Lipinski definition) is 2. The zero-order valence-corrected chi connectivity index (χ0v) is 11.8. The van der Waals surface area contributed by atoms with Crippen LogP contribution >= 0.6 is 11.3 Å². The van der Waals surface area contributed by atoms with Crippen molar-refractivity contribution in [1.29, 1.82) is 0 Å². The molecule has 1 aromatic rings. The molecule has 0 bridgehead atoms. The van der Waals surface area contributed by atoms with E-state index in [2.05, 4.69) is 4.72 Å². The summed E-state index contributed by atoms with van der Waals surface area (Å²) in [7, 11) is -3.37. The van der Waals surface area contributed by atoms with Gasteiger partial charge in [0.2, 0.25) is 0 Å². The summed E-state index contributed by atoms with van der Waals surface area (Å²) in [6.45, 7) is 2.05. The largest absolute Gasteiger partial charge is 0.330 e. The third kappa shape index (κ3) is 3.52. The lowest BCUT2D eigenvalue weighted by molar-refractivity contribution is 0.268. The van der Waals surface area contributed by atoms with Crippen LogP contribution in [0.1, 0.15) is 17.7 Å². The lowest BCUT2D eigenvalue weighted by atomic mass is 10.0. The van der Waals surface area contributed by atoms with Crippen molar-refractivity contribution in [3.63, 3.8) is 0 Å². The van der Waals surface area contributed by atoms with Crippen LogP contribution in [0.4, 0.5) is 0 Å². The fourth-order valence-corrected chi connectivity index (χ4v) is 4.14. The molecule has 0 aliphatic carbocycles. The van der Waals surface area contributed by atoms with Gasteiger partial charge in [0.25, 0.3) is 10.2 Å². The molecule has 0 aromatic carbocycles. The van der Waals surface area contributed by atoms with Gasteiger partial charge in [0.05, 0.1) is 0 Å². The van der Waals surface area contributed by atoms with E-state index in [-0.39, 0.29) is 5.92 Å². The van der Waals surface area contributed by atoms with Crippen LogP contribution in [0.3, 0.4) is 0 Å². The topological polar surface area (TPSA) is 75.4 Å². The predicted molar refractivity (Wildman–Crippen MR) is 73.4 cm³/mol. The minimum absolute atomic E-state index is 0.289. The summed E-state index contributed by atoms with van der Waals surface area (Å²) in [6.07, 6.45) is 1.91. The van der Waals surface area contributed by atoms with Crippen molar-refractivity contribution in [3.8, 4) is 0 Å². The minimum atomic E-state index is -3.37. The number of nitrogens with zero attached hydrogens (tertiary/aromatic N) is 1. The smallest absolute Gasteiger partial charge is 0.279 e.